The zero-order valence-corrected chi connectivity index (χ0v) is 16.1. The van der Waals surface area contributed by atoms with Gasteiger partial charge < -0.3 is 9.47 Å². The van der Waals surface area contributed by atoms with Crippen molar-refractivity contribution in [3.05, 3.63) is 47.5 Å². The first-order valence-corrected chi connectivity index (χ1v) is 9.84. The van der Waals surface area contributed by atoms with Gasteiger partial charge in [0.25, 0.3) is 0 Å². The van der Waals surface area contributed by atoms with Gasteiger partial charge in [-0.25, -0.2) is 0 Å². The maximum Gasteiger partial charge on any atom is 0.159 e. The molecule has 1 fully saturated rings. The Balaban J connectivity index is 1.82. The van der Waals surface area contributed by atoms with E-state index in [4.69, 9.17) is 0 Å². The summed E-state index contributed by atoms with van der Waals surface area (Å²) in [5, 5.41) is 2.49. The van der Waals surface area contributed by atoms with Gasteiger partial charge in [-0.15, -0.1) is 0 Å². The summed E-state index contributed by atoms with van der Waals surface area (Å²) >= 11 is 0. The van der Waals surface area contributed by atoms with Crippen LogP contribution >= 0.6 is 0 Å². The molecule has 2 heterocycles. The van der Waals surface area contributed by atoms with E-state index in [1.807, 2.05) is 6.07 Å². The van der Waals surface area contributed by atoms with Crippen LogP contribution in [0.3, 0.4) is 0 Å². The van der Waals surface area contributed by atoms with Crippen molar-refractivity contribution in [1.82, 2.24) is 9.47 Å². The van der Waals surface area contributed by atoms with Gasteiger partial charge in [-0.1, -0.05) is 13.0 Å². The molecule has 0 spiro atoms. The van der Waals surface area contributed by atoms with Crippen LogP contribution in [0.5, 0.6) is 0 Å². The fraction of sp³-hybridized carbons (Fsp3) is 0.435. The third kappa shape index (κ3) is 2.95. The highest BCUT2D eigenvalue weighted by Gasteiger charge is 2.21. The summed E-state index contributed by atoms with van der Waals surface area (Å²) in [6.45, 7) is 6.09. The second kappa shape index (κ2) is 6.88. The molecule has 0 bridgehead atoms. The number of hydrogen-bond donors (Lipinski definition) is 0. The molecule has 1 aliphatic rings. The lowest BCUT2D eigenvalue weighted by atomic mass is 10.0. The van der Waals surface area contributed by atoms with E-state index in [0.717, 1.165) is 18.5 Å². The highest BCUT2D eigenvalue weighted by atomic mass is 16.1. The Labute approximate surface area is 155 Å². The van der Waals surface area contributed by atoms with Crippen molar-refractivity contribution in [2.75, 3.05) is 13.6 Å². The minimum Gasteiger partial charge on any atom is -0.340 e. The SMILES string of the molecule is CCc1ccc2c(c1)c1cc(C(C)=O)ccc1n2CCC1CCCN1C. The number of carbonyl (C=O) groups is 1. The Bertz CT molecular complexity index is 969. The average molecular weight is 348 g/mol. The molecular weight excluding hydrogens is 320 g/mol. The van der Waals surface area contributed by atoms with Crippen LogP contribution in [0.25, 0.3) is 21.8 Å². The van der Waals surface area contributed by atoms with E-state index in [1.165, 1.54) is 53.2 Å². The minimum atomic E-state index is 0.132. The second-order valence-corrected chi connectivity index (χ2v) is 7.71. The smallest absolute Gasteiger partial charge is 0.159 e. The van der Waals surface area contributed by atoms with Crippen LogP contribution in [-0.4, -0.2) is 34.9 Å². The highest BCUT2D eigenvalue weighted by molar-refractivity contribution is 6.10. The number of likely N-dealkylation sites (tertiary alicyclic amines) is 1. The third-order valence-corrected chi connectivity index (χ3v) is 6.10. The van der Waals surface area contributed by atoms with Crippen LogP contribution in [-0.2, 0) is 13.0 Å². The van der Waals surface area contributed by atoms with Crippen molar-refractivity contribution in [1.29, 1.82) is 0 Å². The highest BCUT2D eigenvalue weighted by Crippen LogP contribution is 2.32. The first-order valence-electron chi connectivity index (χ1n) is 9.84. The Morgan fingerprint density at radius 1 is 1.12 bits per heavy atom. The lowest BCUT2D eigenvalue weighted by molar-refractivity contribution is 0.101. The summed E-state index contributed by atoms with van der Waals surface area (Å²) in [6.07, 6.45) is 4.83. The number of fused-ring (bicyclic) bond motifs is 3. The number of nitrogens with zero attached hydrogens (tertiary/aromatic N) is 2. The van der Waals surface area contributed by atoms with Gasteiger partial charge in [0.2, 0.25) is 0 Å². The molecule has 0 saturated carbocycles. The molecule has 4 rings (SSSR count). The molecule has 1 atom stereocenters. The van der Waals surface area contributed by atoms with Gasteiger partial charge in [-0.3, -0.25) is 4.79 Å². The standard InChI is InChI=1S/C23H28N2O/c1-4-17-7-9-22-20(14-17)21-15-18(16(2)26)8-10-23(21)25(22)13-11-19-6-5-12-24(19)3/h7-10,14-15,19H,4-6,11-13H2,1-3H3. The largest absolute Gasteiger partial charge is 0.340 e. The fourth-order valence-corrected chi connectivity index (χ4v) is 4.45. The molecule has 0 radical (unpaired) electrons. The molecule has 3 nitrogen and oxygen atoms in total. The summed E-state index contributed by atoms with van der Waals surface area (Å²) in [6, 6.07) is 13.7. The Morgan fingerprint density at radius 2 is 1.85 bits per heavy atom. The number of hydrogen-bond acceptors (Lipinski definition) is 2. The van der Waals surface area contributed by atoms with E-state index >= 15 is 0 Å². The molecule has 1 saturated heterocycles. The van der Waals surface area contributed by atoms with Gasteiger partial charge in [0.05, 0.1) is 0 Å². The van der Waals surface area contributed by atoms with E-state index in [9.17, 15) is 4.79 Å². The fourth-order valence-electron chi connectivity index (χ4n) is 4.45. The van der Waals surface area contributed by atoms with E-state index in [-0.39, 0.29) is 5.78 Å². The minimum absolute atomic E-state index is 0.132. The topological polar surface area (TPSA) is 25.2 Å². The molecular formula is C23H28N2O. The Kier molecular flexibility index (Phi) is 4.58. The van der Waals surface area contributed by atoms with Crippen molar-refractivity contribution in [3.8, 4) is 0 Å². The van der Waals surface area contributed by atoms with Crippen LogP contribution in [0.4, 0.5) is 0 Å². The maximum absolute atomic E-state index is 11.9. The molecule has 1 aliphatic heterocycles. The summed E-state index contributed by atoms with van der Waals surface area (Å²) in [7, 11) is 2.25. The predicted molar refractivity (Wildman–Crippen MR) is 109 cm³/mol. The molecule has 136 valence electrons. The van der Waals surface area contributed by atoms with E-state index in [2.05, 4.69) is 53.8 Å². The monoisotopic (exact) mass is 348 g/mol. The number of ketones is 1. The van der Waals surface area contributed by atoms with Gasteiger partial charge >= 0.3 is 0 Å². The number of rotatable bonds is 5. The van der Waals surface area contributed by atoms with Crippen molar-refractivity contribution >= 4 is 27.6 Å². The van der Waals surface area contributed by atoms with Crippen LogP contribution in [0.15, 0.2) is 36.4 Å². The molecule has 3 heteroatoms. The van der Waals surface area contributed by atoms with Gasteiger partial charge in [0, 0.05) is 40.0 Å². The van der Waals surface area contributed by atoms with E-state index in [0.29, 0.717) is 6.04 Å². The summed E-state index contributed by atoms with van der Waals surface area (Å²) < 4.78 is 2.46. The quantitative estimate of drug-likeness (QED) is 0.603. The Hall–Kier alpha value is -2.13. The van der Waals surface area contributed by atoms with Crippen LogP contribution in [0.1, 0.15) is 49.0 Å². The van der Waals surface area contributed by atoms with E-state index in [1.54, 1.807) is 6.92 Å². The summed E-state index contributed by atoms with van der Waals surface area (Å²) in [4.78, 5) is 14.4. The van der Waals surface area contributed by atoms with Gasteiger partial charge in [0.15, 0.2) is 5.78 Å². The number of aromatic nitrogens is 1. The zero-order valence-electron chi connectivity index (χ0n) is 16.1. The predicted octanol–water partition coefficient (Wildman–Crippen LogP) is 5.04. The first-order chi connectivity index (χ1) is 12.6. The first kappa shape index (κ1) is 17.3. The molecule has 2 aromatic carbocycles. The molecule has 0 amide bonds. The van der Waals surface area contributed by atoms with Gasteiger partial charge in [0.1, 0.15) is 0 Å². The van der Waals surface area contributed by atoms with Crippen LogP contribution in [0, 0.1) is 0 Å². The van der Waals surface area contributed by atoms with E-state index < -0.39 is 0 Å². The van der Waals surface area contributed by atoms with Gasteiger partial charge in [-0.05, 0) is 82.1 Å². The molecule has 26 heavy (non-hydrogen) atoms. The van der Waals surface area contributed by atoms with Crippen LogP contribution in [0.2, 0.25) is 0 Å². The van der Waals surface area contributed by atoms with Crippen molar-refractivity contribution in [2.24, 2.45) is 0 Å². The second-order valence-electron chi connectivity index (χ2n) is 7.71. The number of carbonyl (C=O) groups excluding carboxylic acids is 1. The zero-order chi connectivity index (χ0) is 18.3. The average Bonchev–Trinajstić information content (AvgIpc) is 3.19. The van der Waals surface area contributed by atoms with Crippen molar-refractivity contribution in [2.45, 2.75) is 52.1 Å². The molecule has 0 N–H and O–H groups in total. The van der Waals surface area contributed by atoms with Crippen molar-refractivity contribution in [3.63, 3.8) is 0 Å². The lowest BCUT2D eigenvalue weighted by Gasteiger charge is -2.20. The van der Waals surface area contributed by atoms with Crippen LogP contribution < -0.4 is 0 Å². The normalized spacial score (nSPS) is 18.2. The molecule has 0 aliphatic carbocycles. The molecule has 1 aromatic heterocycles. The number of Topliss-reactive ketones (excluding diaryl/α,β-unsaturated/α-hetero) is 1. The summed E-state index contributed by atoms with van der Waals surface area (Å²) in [5.41, 5.74) is 4.69. The maximum atomic E-state index is 11.9. The number of benzene rings is 2. The summed E-state index contributed by atoms with van der Waals surface area (Å²) in [5.74, 6) is 0.132. The number of aryl methyl sites for hydroxylation is 2. The Morgan fingerprint density at radius 3 is 2.50 bits per heavy atom. The third-order valence-electron chi connectivity index (χ3n) is 6.10. The van der Waals surface area contributed by atoms with Gasteiger partial charge in [-0.2, -0.15) is 0 Å². The lowest BCUT2D eigenvalue weighted by Crippen LogP contribution is -2.26. The van der Waals surface area contributed by atoms with Crippen molar-refractivity contribution < 1.29 is 4.79 Å². The molecule has 1 unspecified atom stereocenters. The molecule has 3 aromatic rings.